The van der Waals surface area contributed by atoms with Crippen LogP contribution in [0.1, 0.15) is 34.6 Å². The highest BCUT2D eigenvalue weighted by molar-refractivity contribution is 6.13. The summed E-state index contributed by atoms with van der Waals surface area (Å²) in [4.78, 5) is 23.1. The van der Waals surface area contributed by atoms with E-state index in [0.29, 0.717) is 34.5 Å². The molecule has 0 radical (unpaired) electrons. The van der Waals surface area contributed by atoms with Crippen molar-refractivity contribution in [2.75, 3.05) is 7.11 Å². The first-order valence-corrected chi connectivity index (χ1v) is 5.51. The van der Waals surface area contributed by atoms with E-state index in [1.807, 2.05) is 0 Å². The lowest BCUT2D eigenvalue weighted by atomic mass is 9.87. The molecule has 0 aliphatic carbocycles. The lowest BCUT2D eigenvalue weighted by molar-refractivity contribution is 0.0846. The minimum atomic E-state index is -0.778. The van der Waals surface area contributed by atoms with Gasteiger partial charge in [-0.15, -0.1) is 0 Å². The number of hydrogen-bond acceptors (Lipinski definition) is 4. The third-order valence-corrected chi connectivity index (χ3v) is 3.04. The summed E-state index contributed by atoms with van der Waals surface area (Å²) in [6, 6.07) is 3.04. The van der Waals surface area contributed by atoms with Gasteiger partial charge in [0, 0.05) is 11.1 Å². The molecule has 1 aliphatic heterocycles. The summed E-state index contributed by atoms with van der Waals surface area (Å²) in [5, 5.41) is 0. The zero-order valence-corrected chi connectivity index (χ0v) is 10.6. The average Bonchev–Trinajstić information content (AvgIpc) is 2.35. The Morgan fingerprint density at radius 3 is 2.61 bits per heavy atom. The van der Waals surface area contributed by atoms with Crippen molar-refractivity contribution in [1.82, 2.24) is 0 Å². The van der Waals surface area contributed by atoms with E-state index < -0.39 is 5.60 Å². The first-order chi connectivity index (χ1) is 8.40. The molecule has 0 amide bonds. The summed E-state index contributed by atoms with van der Waals surface area (Å²) < 4.78 is 10.9. The van der Waals surface area contributed by atoms with Crippen LogP contribution in [-0.2, 0) is 0 Å². The Labute approximate surface area is 105 Å². The maximum absolute atomic E-state index is 12.2. The van der Waals surface area contributed by atoms with Crippen molar-refractivity contribution in [1.29, 1.82) is 0 Å². The SMILES string of the molecule is C=C1C(=O)c2cc(C=O)cc(OC)c2OC1(C)C. The maximum Gasteiger partial charge on any atom is 0.196 e. The molecule has 1 aromatic rings. The Bertz CT molecular complexity index is 555. The van der Waals surface area contributed by atoms with Crippen molar-refractivity contribution >= 4 is 12.1 Å². The average molecular weight is 246 g/mol. The van der Waals surface area contributed by atoms with Crippen LogP contribution in [0.2, 0.25) is 0 Å². The molecular formula is C14H14O4. The van der Waals surface area contributed by atoms with Crippen molar-refractivity contribution in [3.05, 3.63) is 35.4 Å². The highest BCUT2D eigenvalue weighted by atomic mass is 16.5. The van der Waals surface area contributed by atoms with Gasteiger partial charge < -0.3 is 9.47 Å². The fourth-order valence-corrected chi connectivity index (χ4v) is 1.87. The molecular weight excluding hydrogens is 232 g/mol. The van der Waals surface area contributed by atoms with Crippen molar-refractivity contribution in [2.45, 2.75) is 19.4 Å². The summed E-state index contributed by atoms with van der Waals surface area (Å²) >= 11 is 0. The van der Waals surface area contributed by atoms with Gasteiger partial charge in [-0.2, -0.15) is 0 Å². The molecule has 0 fully saturated rings. The molecule has 1 heterocycles. The van der Waals surface area contributed by atoms with Gasteiger partial charge in [0.2, 0.25) is 0 Å². The van der Waals surface area contributed by atoms with Crippen molar-refractivity contribution < 1.29 is 19.1 Å². The number of Topliss-reactive ketones (excluding diaryl/α,β-unsaturated/α-hetero) is 1. The molecule has 18 heavy (non-hydrogen) atoms. The molecule has 1 aromatic carbocycles. The number of fused-ring (bicyclic) bond motifs is 1. The number of methoxy groups -OCH3 is 1. The number of carbonyl (C=O) groups is 2. The Hall–Kier alpha value is -2.10. The predicted molar refractivity (Wildman–Crippen MR) is 66.6 cm³/mol. The molecule has 2 rings (SSSR count). The van der Waals surface area contributed by atoms with E-state index in [0.717, 1.165) is 0 Å². The zero-order chi connectivity index (χ0) is 13.5. The van der Waals surface area contributed by atoms with E-state index in [2.05, 4.69) is 6.58 Å². The maximum atomic E-state index is 12.2. The van der Waals surface area contributed by atoms with Crippen LogP contribution < -0.4 is 9.47 Å². The molecule has 0 bridgehead atoms. The number of ether oxygens (including phenoxy) is 2. The second kappa shape index (κ2) is 3.98. The Kier molecular flexibility index (Phi) is 2.73. The highest BCUT2D eigenvalue weighted by Crippen LogP contribution is 2.42. The molecule has 0 spiro atoms. The smallest absolute Gasteiger partial charge is 0.196 e. The molecule has 4 heteroatoms. The van der Waals surface area contributed by atoms with Crippen molar-refractivity contribution in [3.8, 4) is 11.5 Å². The lowest BCUT2D eigenvalue weighted by Gasteiger charge is -2.34. The zero-order valence-electron chi connectivity index (χ0n) is 10.6. The second-order valence-corrected chi connectivity index (χ2v) is 4.64. The van der Waals surface area contributed by atoms with Crippen LogP contribution >= 0.6 is 0 Å². The van der Waals surface area contributed by atoms with Crippen molar-refractivity contribution in [2.24, 2.45) is 0 Å². The number of carbonyl (C=O) groups excluding carboxylic acids is 2. The van der Waals surface area contributed by atoms with Gasteiger partial charge in [-0.1, -0.05) is 6.58 Å². The van der Waals surface area contributed by atoms with Crippen LogP contribution in [0.5, 0.6) is 11.5 Å². The molecule has 0 saturated heterocycles. The second-order valence-electron chi connectivity index (χ2n) is 4.64. The Balaban J connectivity index is 2.70. The molecule has 0 saturated carbocycles. The van der Waals surface area contributed by atoms with Gasteiger partial charge >= 0.3 is 0 Å². The lowest BCUT2D eigenvalue weighted by Crippen LogP contribution is -2.38. The number of rotatable bonds is 2. The highest BCUT2D eigenvalue weighted by Gasteiger charge is 2.38. The minimum Gasteiger partial charge on any atom is -0.493 e. The normalized spacial score (nSPS) is 16.8. The molecule has 1 aliphatic rings. The molecule has 0 atom stereocenters. The summed E-state index contributed by atoms with van der Waals surface area (Å²) in [6.07, 6.45) is 0.665. The topological polar surface area (TPSA) is 52.6 Å². The van der Waals surface area contributed by atoms with Crippen LogP contribution in [0.25, 0.3) is 0 Å². The fourth-order valence-electron chi connectivity index (χ4n) is 1.87. The van der Waals surface area contributed by atoms with Gasteiger partial charge in [-0.25, -0.2) is 0 Å². The van der Waals surface area contributed by atoms with E-state index in [1.54, 1.807) is 19.9 Å². The van der Waals surface area contributed by atoms with Crippen LogP contribution in [0.15, 0.2) is 24.3 Å². The van der Waals surface area contributed by atoms with Crippen LogP contribution in [-0.4, -0.2) is 24.8 Å². The van der Waals surface area contributed by atoms with Crippen LogP contribution in [0.3, 0.4) is 0 Å². The number of hydrogen-bond donors (Lipinski definition) is 0. The van der Waals surface area contributed by atoms with E-state index in [9.17, 15) is 9.59 Å². The Morgan fingerprint density at radius 1 is 1.39 bits per heavy atom. The van der Waals surface area contributed by atoms with Gasteiger partial charge in [0.15, 0.2) is 17.3 Å². The minimum absolute atomic E-state index is 0.219. The summed E-state index contributed by atoms with van der Waals surface area (Å²) in [7, 11) is 1.47. The molecule has 94 valence electrons. The summed E-state index contributed by atoms with van der Waals surface area (Å²) in [5.41, 5.74) is 0.274. The van der Waals surface area contributed by atoms with Crippen molar-refractivity contribution in [3.63, 3.8) is 0 Å². The van der Waals surface area contributed by atoms with Gasteiger partial charge in [0.1, 0.15) is 11.9 Å². The predicted octanol–water partition coefficient (Wildman–Crippen LogP) is 2.42. The van der Waals surface area contributed by atoms with E-state index in [-0.39, 0.29) is 5.78 Å². The molecule has 4 nitrogen and oxygen atoms in total. The first-order valence-electron chi connectivity index (χ1n) is 5.51. The first kappa shape index (κ1) is 12.4. The monoisotopic (exact) mass is 246 g/mol. The molecule has 0 N–H and O–H groups in total. The third-order valence-electron chi connectivity index (χ3n) is 3.04. The summed E-state index contributed by atoms with van der Waals surface area (Å²) in [6.45, 7) is 7.29. The fraction of sp³-hybridized carbons (Fsp3) is 0.286. The largest absolute Gasteiger partial charge is 0.493 e. The van der Waals surface area contributed by atoms with Crippen LogP contribution in [0.4, 0.5) is 0 Å². The van der Waals surface area contributed by atoms with E-state index >= 15 is 0 Å². The van der Waals surface area contributed by atoms with Gasteiger partial charge in [-0.3, -0.25) is 9.59 Å². The van der Waals surface area contributed by atoms with Gasteiger partial charge in [0.05, 0.1) is 12.7 Å². The molecule has 0 unspecified atom stereocenters. The number of benzene rings is 1. The van der Waals surface area contributed by atoms with E-state index in [4.69, 9.17) is 9.47 Å². The quantitative estimate of drug-likeness (QED) is 0.594. The summed E-state index contributed by atoms with van der Waals surface area (Å²) in [5.74, 6) is 0.525. The Morgan fingerprint density at radius 2 is 2.06 bits per heavy atom. The molecule has 0 aromatic heterocycles. The van der Waals surface area contributed by atoms with Gasteiger partial charge in [-0.05, 0) is 26.0 Å². The number of aldehydes is 1. The standard InChI is InChI=1S/C14H14O4/c1-8-12(16)10-5-9(7-15)6-11(17-4)13(10)18-14(8,2)3/h5-7H,1H2,2-4H3. The van der Waals surface area contributed by atoms with Gasteiger partial charge in [0.25, 0.3) is 0 Å². The van der Waals surface area contributed by atoms with Crippen LogP contribution in [0, 0.1) is 0 Å². The number of ketones is 1. The third kappa shape index (κ3) is 1.70. The van der Waals surface area contributed by atoms with E-state index in [1.165, 1.54) is 13.2 Å².